The van der Waals surface area contributed by atoms with Crippen LogP contribution in [-0.4, -0.2) is 56.7 Å². The molecule has 0 saturated carbocycles. The lowest BCUT2D eigenvalue weighted by atomic mass is 9.98. The Morgan fingerprint density at radius 3 is 2.40 bits per heavy atom. The van der Waals surface area contributed by atoms with Crippen molar-refractivity contribution in [3.63, 3.8) is 0 Å². The van der Waals surface area contributed by atoms with Crippen LogP contribution in [0.5, 0.6) is 0 Å². The molecule has 2 aromatic rings. The van der Waals surface area contributed by atoms with Crippen molar-refractivity contribution < 1.29 is 19.2 Å². The van der Waals surface area contributed by atoms with Gasteiger partial charge in [-0.1, -0.05) is 42.5 Å². The smallest absolute Gasteiger partial charge is 0.244 e. The largest absolute Gasteiger partial charge is 0.378 e. The van der Waals surface area contributed by atoms with E-state index in [1.165, 1.54) is 6.08 Å². The highest BCUT2D eigenvalue weighted by Gasteiger charge is 2.29. The summed E-state index contributed by atoms with van der Waals surface area (Å²) in [5, 5.41) is 8.19. The maximum Gasteiger partial charge on any atom is 0.244 e. The van der Waals surface area contributed by atoms with E-state index in [0.717, 1.165) is 16.8 Å². The van der Waals surface area contributed by atoms with Gasteiger partial charge in [0, 0.05) is 44.7 Å². The predicted octanol–water partition coefficient (Wildman–Crippen LogP) is 1.70. The molecule has 1 saturated heterocycles. The van der Waals surface area contributed by atoms with Gasteiger partial charge in [-0.05, 0) is 42.2 Å². The van der Waals surface area contributed by atoms with Gasteiger partial charge >= 0.3 is 0 Å². The number of carbonyl (C=O) groups is 4. The zero-order valence-corrected chi connectivity index (χ0v) is 20.1. The first-order valence-electron chi connectivity index (χ1n) is 11.7. The molecule has 3 rings (SSSR count). The first-order valence-corrected chi connectivity index (χ1v) is 11.7. The third-order valence-electron chi connectivity index (χ3n) is 5.95. The summed E-state index contributed by atoms with van der Waals surface area (Å²) in [6.45, 7) is 0.569. The third kappa shape index (κ3) is 7.81. The Hall–Kier alpha value is -3.94. The number of hydrogen-bond donors (Lipinski definition) is 3. The Morgan fingerprint density at radius 1 is 1.09 bits per heavy atom. The summed E-state index contributed by atoms with van der Waals surface area (Å²) in [5.41, 5.74) is 2.77. The number of benzene rings is 2. The van der Waals surface area contributed by atoms with E-state index in [1.807, 2.05) is 73.6 Å². The first kappa shape index (κ1) is 25.7. The van der Waals surface area contributed by atoms with Gasteiger partial charge in [0.05, 0.1) is 6.04 Å². The number of nitrogens with zero attached hydrogens (tertiary/aromatic N) is 1. The molecule has 2 aromatic carbocycles. The van der Waals surface area contributed by atoms with Gasteiger partial charge < -0.3 is 25.6 Å². The van der Waals surface area contributed by atoms with Gasteiger partial charge in [0.15, 0.2) is 0 Å². The molecule has 35 heavy (non-hydrogen) atoms. The molecule has 3 amide bonds. The molecule has 0 unspecified atom stereocenters. The molecule has 0 spiro atoms. The van der Waals surface area contributed by atoms with Crippen LogP contribution < -0.4 is 20.9 Å². The van der Waals surface area contributed by atoms with Crippen molar-refractivity contribution in [2.75, 3.05) is 25.5 Å². The minimum atomic E-state index is -0.884. The topological polar surface area (TPSA) is 108 Å². The van der Waals surface area contributed by atoms with Crippen LogP contribution in [0, 0.1) is 5.92 Å². The van der Waals surface area contributed by atoms with Crippen LogP contribution in [0.4, 0.5) is 5.69 Å². The molecule has 3 N–H and O–H groups in total. The van der Waals surface area contributed by atoms with Gasteiger partial charge in [-0.25, -0.2) is 0 Å². The number of nitrogens with one attached hydrogen (secondary N) is 3. The molecular weight excluding hydrogens is 444 g/mol. The highest BCUT2D eigenvalue weighted by Crippen LogP contribution is 2.16. The minimum Gasteiger partial charge on any atom is -0.378 e. The second-order valence-electron chi connectivity index (χ2n) is 8.83. The van der Waals surface area contributed by atoms with Crippen LogP contribution in [0.15, 0.2) is 60.7 Å². The summed E-state index contributed by atoms with van der Waals surface area (Å²) >= 11 is 0. The standard InChI is InChI=1S/C27H32N4O4/c1-31(2)23-11-8-19(9-12-23)10-13-25(33)30-24(16-20-6-4-3-5-7-20)27(35)29-22(18-32)17-21-14-15-28-26(21)34/h3-13,18,21-22,24H,14-17H2,1-2H3,(H,28,34)(H,29,35)(H,30,33)/b13-10+/t21-,22+,24+/m1/s1. The minimum absolute atomic E-state index is 0.107. The fourth-order valence-electron chi connectivity index (χ4n) is 3.94. The Bertz CT molecular complexity index is 1050. The summed E-state index contributed by atoms with van der Waals surface area (Å²) in [6, 6.07) is 15.3. The van der Waals surface area contributed by atoms with Crippen LogP contribution in [0.1, 0.15) is 24.0 Å². The van der Waals surface area contributed by atoms with Crippen molar-refractivity contribution in [1.29, 1.82) is 0 Å². The molecule has 0 radical (unpaired) electrons. The SMILES string of the molecule is CN(C)c1ccc(/C=C/C(=O)N[C@@H](Cc2ccccc2)C(=O)N[C@H](C=O)C[C@H]2CCNC2=O)cc1. The summed E-state index contributed by atoms with van der Waals surface area (Å²) in [5.74, 6) is -1.31. The molecule has 0 aliphatic carbocycles. The molecule has 0 bridgehead atoms. The second-order valence-corrected chi connectivity index (χ2v) is 8.83. The maximum absolute atomic E-state index is 13.1. The molecule has 8 nitrogen and oxygen atoms in total. The van der Waals surface area contributed by atoms with Gasteiger partial charge in [-0.15, -0.1) is 0 Å². The number of amides is 3. The van der Waals surface area contributed by atoms with E-state index in [4.69, 9.17) is 0 Å². The van der Waals surface area contributed by atoms with E-state index in [-0.39, 0.29) is 24.7 Å². The molecule has 1 heterocycles. The predicted molar refractivity (Wildman–Crippen MR) is 136 cm³/mol. The highest BCUT2D eigenvalue weighted by atomic mass is 16.2. The van der Waals surface area contributed by atoms with E-state index in [2.05, 4.69) is 16.0 Å². The Labute approximate surface area is 205 Å². The van der Waals surface area contributed by atoms with Crippen LogP contribution in [0.25, 0.3) is 6.08 Å². The molecule has 3 atom stereocenters. The fraction of sp³-hybridized carbons (Fsp3) is 0.333. The lowest BCUT2D eigenvalue weighted by Crippen LogP contribution is -2.51. The monoisotopic (exact) mass is 476 g/mol. The van der Waals surface area contributed by atoms with Crippen molar-refractivity contribution in [2.45, 2.75) is 31.3 Å². The van der Waals surface area contributed by atoms with Crippen LogP contribution in [-0.2, 0) is 25.6 Å². The van der Waals surface area contributed by atoms with Gasteiger partial charge in [0.25, 0.3) is 0 Å². The fourth-order valence-corrected chi connectivity index (χ4v) is 3.94. The summed E-state index contributed by atoms with van der Waals surface area (Å²) in [4.78, 5) is 51.2. The number of rotatable bonds is 11. The van der Waals surface area contributed by atoms with Crippen molar-refractivity contribution >= 4 is 35.8 Å². The Kier molecular flexibility index (Phi) is 9.17. The molecular formula is C27H32N4O4. The van der Waals surface area contributed by atoms with Gasteiger partial charge in [0.2, 0.25) is 17.7 Å². The van der Waals surface area contributed by atoms with Crippen molar-refractivity contribution in [1.82, 2.24) is 16.0 Å². The molecule has 184 valence electrons. The molecule has 1 aliphatic heterocycles. The number of carbonyl (C=O) groups excluding carboxylic acids is 4. The molecule has 8 heteroatoms. The van der Waals surface area contributed by atoms with Gasteiger partial charge in [-0.3, -0.25) is 14.4 Å². The van der Waals surface area contributed by atoms with E-state index in [9.17, 15) is 19.2 Å². The second kappa shape index (κ2) is 12.5. The zero-order chi connectivity index (χ0) is 25.2. The quantitative estimate of drug-likeness (QED) is 0.338. The maximum atomic E-state index is 13.1. The Balaban J connectivity index is 1.67. The number of hydrogen-bond acceptors (Lipinski definition) is 5. The Morgan fingerprint density at radius 2 is 1.80 bits per heavy atom. The molecule has 0 aromatic heterocycles. The van der Waals surface area contributed by atoms with Crippen LogP contribution >= 0.6 is 0 Å². The number of aldehydes is 1. The summed E-state index contributed by atoms with van der Waals surface area (Å²) < 4.78 is 0. The van der Waals surface area contributed by atoms with Crippen molar-refractivity contribution in [3.8, 4) is 0 Å². The lowest BCUT2D eigenvalue weighted by Gasteiger charge is -2.21. The van der Waals surface area contributed by atoms with Crippen molar-refractivity contribution in [3.05, 3.63) is 71.8 Å². The zero-order valence-electron chi connectivity index (χ0n) is 20.1. The van der Waals surface area contributed by atoms with Gasteiger partial charge in [0.1, 0.15) is 12.3 Å². The first-order chi connectivity index (χ1) is 16.9. The normalized spacial score (nSPS) is 16.9. The van der Waals surface area contributed by atoms with Crippen molar-refractivity contribution in [2.24, 2.45) is 5.92 Å². The van der Waals surface area contributed by atoms with E-state index < -0.39 is 23.9 Å². The van der Waals surface area contributed by atoms with E-state index >= 15 is 0 Å². The summed E-state index contributed by atoms with van der Waals surface area (Å²) in [7, 11) is 3.90. The van der Waals surface area contributed by atoms with Crippen LogP contribution in [0.3, 0.4) is 0 Å². The molecule has 1 aliphatic rings. The third-order valence-corrected chi connectivity index (χ3v) is 5.95. The summed E-state index contributed by atoms with van der Waals surface area (Å²) in [6.07, 6.45) is 4.83. The van der Waals surface area contributed by atoms with Crippen LogP contribution in [0.2, 0.25) is 0 Å². The highest BCUT2D eigenvalue weighted by molar-refractivity contribution is 5.96. The lowest BCUT2D eigenvalue weighted by molar-refractivity contribution is -0.129. The average Bonchev–Trinajstić information content (AvgIpc) is 3.26. The van der Waals surface area contributed by atoms with Gasteiger partial charge in [-0.2, -0.15) is 0 Å². The average molecular weight is 477 g/mol. The number of anilines is 1. The molecule has 1 fully saturated rings. The van der Waals surface area contributed by atoms with E-state index in [1.54, 1.807) is 6.08 Å². The van der Waals surface area contributed by atoms with E-state index in [0.29, 0.717) is 19.3 Å².